The van der Waals surface area contributed by atoms with E-state index in [1.165, 1.54) is 6.92 Å². The number of carbonyl (C=O) groups is 1. The molecular weight excluding hydrogens is 644 g/mol. The third kappa shape index (κ3) is 10.1. The molecule has 5 aromatic carbocycles. The summed E-state index contributed by atoms with van der Waals surface area (Å²) in [4.78, 5) is 12.3. The van der Waals surface area contributed by atoms with Crippen LogP contribution in [0.2, 0.25) is 0 Å². The molecule has 1 heterocycles. The molecule has 264 valence electrons. The standard InChI is InChI=1S/C43H44O8/c1-31(44)50-38-24-23-36(45-2)25-37(38)40-42(48-28-34-19-11-5-12-20-34)43(49-29-35-21-13-6-14-22-35)41(47-27-33-17-9-4-10-18-33)39(51-40)30-46-26-32-15-7-3-8-16-32/h3-25,39-43H,26-30H2,1-2H3/t39-,40+,41-,42+,43+/m1/s1. The largest absolute Gasteiger partial charge is 0.497 e. The van der Waals surface area contributed by atoms with Gasteiger partial charge in [-0.15, -0.1) is 0 Å². The fourth-order valence-corrected chi connectivity index (χ4v) is 6.16. The number of hydrogen-bond donors (Lipinski definition) is 0. The molecule has 0 amide bonds. The first-order valence-electron chi connectivity index (χ1n) is 17.2. The predicted octanol–water partition coefficient (Wildman–Crippen LogP) is 8.03. The Kier molecular flexibility index (Phi) is 13.0. The first-order valence-corrected chi connectivity index (χ1v) is 17.2. The van der Waals surface area contributed by atoms with Gasteiger partial charge in [-0.05, 0) is 40.5 Å². The summed E-state index contributed by atoms with van der Waals surface area (Å²) in [5.74, 6) is 0.464. The Balaban J connectivity index is 1.41. The third-order valence-electron chi connectivity index (χ3n) is 8.66. The molecule has 0 unspecified atom stereocenters. The lowest BCUT2D eigenvalue weighted by Crippen LogP contribution is -2.58. The van der Waals surface area contributed by atoms with E-state index in [2.05, 4.69) is 0 Å². The minimum absolute atomic E-state index is 0.203. The van der Waals surface area contributed by atoms with Crippen LogP contribution in [0.15, 0.2) is 140 Å². The first-order chi connectivity index (χ1) is 25.1. The molecule has 1 aliphatic rings. The van der Waals surface area contributed by atoms with Gasteiger partial charge in [0.15, 0.2) is 0 Å². The predicted molar refractivity (Wildman–Crippen MR) is 193 cm³/mol. The van der Waals surface area contributed by atoms with Crippen molar-refractivity contribution in [1.29, 1.82) is 0 Å². The lowest BCUT2D eigenvalue weighted by Gasteiger charge is -2.46. The van der Waals surface area contributed by atoms with Crippen molar-refractivity contribution >= 4 is 5.97 Å². The number of carbonyl (C=O) groups excluding carboxylic acids is 1. The zero-order valence-electron chi connectivity index (χ0n) is 29.0. The molecule has 1 saturated heterocycles. The van der Waals surface area contributed by atoms with Gasteiger partial charge in [0.2, 0.25) is 0 Å². The lowest BCUT2D eigenvalue weighted by molar-refractivity contribution is -0.275. The molecule has 0 saturated carbocycles. The second kappa shape index (κ2) is 18.4. The highest BCUT2D eigenvalue weighted by atomic mass is 16.6. The maximum absolute atomic E-state index is 12.3. The van der Waals surface area contributed by atoms with Crippen molar-refractivity contribution in [2.75, 3.05) is 13.7 Å². The Morgan fingerprint density at radius 2 is 1.06 bits per heavy atom. The van der Waals surface area contributed by atoms with Gasteiger partial charge in [-0.25, -0.2) is 0 Å². The van der Waals surface area contributed by atoms with Gasteiger partial charge in [-0.3, -0.25) is 4.79 Å². The Morgan fingerprint density at radius 3 is 1.55 bits per heavy atom. The maximum atomic E-state index is 12.3. The highest BCUT2D eigenvalue weighted by molar-refractivity contribution is 5.70. The molecule has 5 atom stereocenters. The highest BCUT2D eigenvalue weighted by Gasteiger charge is 2.50. The molecule has 8 nitrogen and oxygen atoms in total. The number of benzene rings is 5. The van der Waals surface area contributed by atoms with E-state index in [1.807, 2.05) is 127 Å². The van der Waals surface area contributed by atoms with E-state index in [9.17, 15) is 4.79 Å². The summed E-state index contributed by atoms with van der Waals surface area (Å²) in [5.41, 5.74) is 4.63. The number of methoxy groups -OCH3 is 1. The van der Waals surface area contributed by atoms with Crippen LogP contribution in [-0.4, -0.2) is 44.1 Å². The van der Waals surface area contributed by atoms with Crippen LogP contribution in [0.25, 0.3) is 0 Å². The summed E-state index contributed by atoms with van der Waals surface area (Å²) >= 11 is 0. The Hall–Kier alpha value is -4.83. The van der Waals surface area contributed by atoms with E-state index in [0.29, 0.717) is 36.9 Å². The van der Waals surface area contributed by atoms with Crippen LogP contribution in [-0.2, 0) is 54.9 Å². The van der Waals surface area contributed by atoms with Crippen molar-refractivity contribution in [3.05, 3.63) is 167 Å². The average Bonchev–Trinajstić information content (AvgIpc) is 3.17. The van der Waals surface area contributed by atoms with Crippen molar-refractivity contribution in [2.45, 2.75) is 63.9 Å². The Labute approximate surface area is 299 Å². The summed E-state index contributed by atoms with van der Waals surface area (Å²) in [5, 5.41) is 0. The molecule has 0 bridgehead atoms. The number of ether oxygens (including phenoxy) is 7. The monoisotopic (exact) mass is 688 g/mol. The molecular formula is C43H44O8. The Bertz CT molecular complexity index is 1770. The average molecular weight is 689 g/mol. The van der Waals surface area contributed by atoms with Crippen molar-refractivity contribution < 1.29 is 38.0 Å². The smallest absolute Gasteiger partial charge is 0.308 e. The summed E-state index contributed by atoms with van der Waals surface area (Å²) in [6, 6.07) is 45.2. The number of esters is 1. The van der Waals surface area contributed by atoms with E-state index in [0.717, 1.165) is 22.3 Å². The van der Waals surface area contributed by atoms with Crippen LogP contribution in [0.5, 0.6) is 11.5 Å². The van der Waals surface area contributed by atoms with Crippen molar-refractivity contribution in [3.8, 4) is 11.5 Å². The minimum atomic E-state index is -0.763. The quantitative estimate of drug-likeness (QED) is 0.0762. The summed E-state index contributed by atoms with van der Waals surface area (Å²) in [7, 11) is 1.59. The van der Waals surface area contributed by atoms with Gasteiger partial charge in [-0.2, -0.15) is 0 Å². The minimum Gasteiger partial charge on any atom is -0.497 e. The summed E-state index contributed by atoms with van der Waals surface area (Å²) in [6.45, 7) is 2.87. The molecule has 1 fully saturated rings. The van der Waals surface area contributed by atoms with Gasteiger partial charge in [0.1, 0.15) is 42.0 Å². The van der Waals surface area contributed by atoms with Crippen LogP contribution >= 0.6 is 0 Å². The lowest BCUT2D eigenvalue weighted by atomic mass is 9.89. The van der Waals surface area contributed by atoms with E-state index in [4.69, 9.17) is 33.2 Å². The summed E-state index contributed by atoms with van der Waals surface area (Å²) in [6.07, 6.45) is -3.32. The molecule has 0 radical (unpaired) electrons. The molecule has 8 heteroatoms. The van der Waals surface area contributed by atoms with E-state index in [1.54, 1.807) is 19.2 Å². The maximum Gasteiger partial charge on any atom is 0.308 e. The zero-order chi connectivity index (χ0) is 35.3. The molecule has 6 rings (SSSR count). The molecule has 5 aromatic rings. The molecule has 0 N–H and O–H groups in total. The van der Waals surface area contributed by atoms with Crippen molar-refractivity contribution in [2.24, 2.45) is 0 Å². The zero-order valence-corrected chi connectivity index (χ0v) is 29.0. The van der Waals surface area contributed by atoms with Gasteiger partial charge in [0.25, 0.3) is 0 Å². The third-order valence-corrected chi connectivity index (χ3v) is 8.66. The van der Waals surface area contributed by atoms with Gasteiger partial charge >= 0.3 is 5.97 Å². The van der Waals surface area contributed by atoms with Crippen LogP contribution in [0.1, 0.15) is 40.8 Å². The topological polar surface area (TPSA) is 81.7 Å². The van der Waals surface area contributed by atoms with Gasteiger partial charge < -0.3 is 33.2 Å². The van der Waals surface area contributed by atoms with E-state index >= 15 is 0 Å². The van der Waals surface area contributed by atoms with Crippen LogP contribution < -0.4 is 9.47 Å². The van der Waals surface area contributed by atoms with E-state index < -0.39 is 36.5 Å². The normalized spacial score (nSPS) is 20.1. The number of hydrogen-bond acceptors (Lipinski definition) is 8. The van der Waals surface area contributed by atoms with Crippen molar-refractivity contribution in [1.82, 2.24) is 0 Å². The van der Waals surface area contributed by atoms with Gasteiger partial charge in [0.05, 0.1) is 40.1 Å². The fourth-order valence-electron chi connectivity index (χ4n) is 6.16. The summed E-state index contributed by atoms with van der Waals surface area (Å²) < 4.78 is 45.2. The van der Waals surface area contributed by atoms with Crippen molar-refractivity contribution in [3.63, 3.8) is 0 Å². The van der Waals surface area contributed by atoms with Gasteiger partial charge in [-0.1, -0.05) is 121 Å². The van der Waals surface area contributed by atoms with Gasteiger partial charge in [0, 0.05) is 12.5 Å². The molecule has 0 aliphatic carbocycles. The second-order valence-corrected chi connectivity index (χ2v) is 12.4. The fraction of sp³-hybridized carbons (Fsp3) is 0.279. The second-order valence-electron chi connectivity index (χ2n) is 12.4. The SMILES string of the molecule is COc1ccc(OC(C)=O)c([C@@H]2O[C@H](COCc3ccccc3)[C@@H](OCc3ccccc3)[C@H](OCc3ccccc3)[C@H]2OCc2ccccc2)c1. The molecule has 1 aliphatic heterocycles. The Morgan fingerprint density at radius 1 is 0.588 bits per heavy atom. The molecule has 0 aromatic heterocycles. The van der Waals surface area contributed by atoms with Crippen LogP contribution in [0.3, 0.4) is 0 Å². The highest BCUT2D eigenvalue weighted by Crippen LogP contribution is 2.43. The van der Waals surface area contributed by atoms with Crippen LogP contribution in [0.4, 0.5) is 0 Å². The number of rotatable bonds is 16. The van der Waals surface area contributed by atoms with E-state index in [-0.39, 0.29) is 13.2 Å². The molecule has 51 heavy (non-hydrogen) atoms. The molecule has 0 spiro atoms. The van der Waals surface area contributed by atoms with Crippen LogP contribution in [0, 0.1) is 0 Å². The first kappa shape index (κ1) is 36.0.